The van der Waals surface area contributed by atoms with Gasteiger partial charge in [0.1, 0.15) is 5.69 Å². The van der Waals surface area contributed by atoms with E-state index in [-0.39, 0.29) is 18.0 Å². The normalized spacial score (nSPS) is 11.3. The van der Waals surface area contributed by atoms with Gasteiger partial charge in [-0.2, -0.15) is 22.6 Å². The van der Waals surface area contributed by atoms with Crippen LogP contribution in [0.15, 0.2) is 24.4 Å². The van der Waals surface area contributed by atoms with Gasteiger partial charge in [-0.15, -0.1) is 0 Å². The van der Waals surface area contributed by atoms with Crippen LogP contribution in [0.25, 0.3) is 5.69 Å². The second-order valence-electron chi connectivity index (χ2n) is 4.06. The predicted molar refractivity (Wildman–Crippen MR) is 72.8 cm³/mol. The maximum Gasteiger partial charge on any atom is 0.358 e. The van der Waals surface area contributed by atoms with E-state index in [2.05, 4.69) is 14.3 Å². The minimum atomic E-state index is -4.56. The van der Waals surface area contributed by atoms with Crippen LogP contribution in [0.3, 0.4) is 0 Å². The van der Waals surface area contributed by atoms with Gasteiger partial charge in [0.2, 0.25) is 17.8 Å². The van der Waals surface area contributed by atoms with Crippen LogP contribution in [-0.4, -0.2) is 41.8 Å². The van der Waals surface area contributed by atoms with E-state index in [1.54, 1.807) is 6.92 Å². The molecule has 0 N–H and O–H groups in total. The number of alkyl halides is 1. The van der Waals surface area contributed by atoms with Crippen LogP contribution in [0.2, 0.25) is 0 Å². The first kappa shape index (κ1) is 16.8. The average Bonchev–Trinajstić information content (AvgIpc) is 2.91. The van der Waals surface area contributed by atoms with Crippen LogP contribution < -0.4 is 4.18 Å². The summed E-state index contributed by atoms with van der Waals surface area (Å²) >= 11 is 0. The van der Waals surface area contributed by atoms with Gasteiger partial charge < -0.3 is 8.92 Å². The largest absolute Gasteiger partial charge is 0.461 e. The van der Waals surface area contributed by atoms with Gasteiger partial charge in [-0.3, -0.25) is 0 Å². The summed E-state index contributed by atoms with van der Waals surface area (Å²) in [5, 5.41) is 3.73. The first-order valence-electron chi connectivity index (χ1n) is 6.24. The Morgan fingerprint density at radius 2 is 2.17 bits per heavy atom. The molecular formula is C12H11F2N3O5S. The number of ether oxygens (including phenoxy) is 1. The minimum absolute atomic E-state index is 0.0475. The zero-order valence-corrected chi connectivity index (χ0v) is 12.6. The zero-order chi connectivity index (χ0) is 17.0. The van der Waals surface area contributed by atoms with Crippen molar-refractivity contribution in [3.8, 4) is 11.6 Å². The Morgan fingerprint density at radius 3 is 2.78 bits per heavy atom. The van der Waals surface area contributed by atoms with E-state index in [1.807, 2.05) is 0 Å². The van der Waals surface area contributed by atoms with Gasteiger partial charge in [0.05, 0.1) is 6.61 Å². The fourth-order valence-corrected chi connectivity index (χ4v) is 2.01. The van der Waals surface area contributed by atoms with Crippen molar-refractivity contribution in [1.82, 2.24) is 14.8 Å². The Morgan fingerprint density at radius 1 is 1.43 bits per heavy atom. The molecule has 2 rings (SSSR count). The fraction of sp³-hybridized carbons (Fsp3) is 0.250. The molecule has 2 aromatic rings. The van der Waals surface area contributed by atoms with Crippen molar-refractivity contribution in [2.75, 3.05) is 12.6 Å². The SMILES string of the molecule is CCOC(=O)c1cc(OS(=O)(=O)CF)n(-c2cccnc2F)n1. The van der Waals surface area contributed by atoms with Crippen molar-refractivity contribution in [3.63, 3.8) is 0 Å². The van der Waals surface area contributed by atoms with Crippen LogP contribution in [-0.2, 0) is 14.9 Å². The van der Waals surface area contributed by atoms with E-state index >= 15 is 0 Å². The van der Waals surface area contributed by atoms with Gasteiger partial charge in [-0.25, -0.2) is 14.2 Å². The fourth-order valence-electron chi connectivity index (χ4n) is 1.59. The number of hydrogen-bond acceptors (Lipinski definition) is 7. The number of esters is 1. The number of pyridine rings is 1. The van der Waals surface area contributed by atoms with Gasteiger partial charge in [0.15, 0.2) is 5.69 Å². The molecule has 0 spiro atoms. The van der Waals surface area contributed by atoms with Gasteiger partial charge in [0, 0.05) is 12.3 Å². The maximum atomic E-state index is 13.8. The molecule has 2 aromatic heterocycles. The molecule has 0 aliphatic heterocycles. The van der Waals surface area contributed by atoms with Crippen molar-refractivity contribution in [2.45, 2.75) is 6.92 Å². The Bertz CT molecular complexity index is 822. The van der Waals surface area contributed by atoms with Gasteiger partial charge in [0.25, 0.3) is 0 Å². The Hall–Kier alpha value is -2.56. The van der Waals surface area contributed by atoms with Crippen LogP contribution in [0.4, 0.5) is 8.78 Å². The van der Waals surface area contributed by atoms with Crippen molar-refractivity contribution in [3.05, 3.63) is 36.0 Å². The zero-order valence-electron chi connectivity index (χ0n) is 11.8. The highest BCUT2D eigenvalue weighted by Crippen LogP contribution is 2.23. The van der Waals surface area contributed by atoms with E-state index in [4.69, 9.17) is 4.74 Å². The van der Waals surface area contributed by atoms with Crippen LogP contribution >= 0.6 is 0 Å². The lowest BCUT2D eigenvalue weighted by molar-refractivity contribution is 0.0519. The molecule has 0 radical (unpaired) electrons. The number of carbonyl (C=O) groups excluding carboxylic acids is 1. The quantitative estimate of drug-likeness (QED) is 0.440. The number of carbonyl (C=O) groups is 1. The minimum Gasteiger partial charge on any atom is -0.461 e. The molecule has 0 fully saturated rings. The predicted octanol–water partition coefficient (Wildman–Crippen LogP) is 1.22. The van der Waals surface area contributed by atoms with E-state index in [1.165, 1.54) is 12.1 Å². The Labute approximate surface area is 129 Å². The molecule has 0 saturated carbocycles. The number of nitrogens with zero attached hydrogens (tertiary/aromatic N) is 3. The Kier molecular flexibility index (Phi) is 4.89. The van der Waals surface area contributed by atoms with Crippen LogP contribution in [0, 0.1) is 5.95 Å². The summed E-state index contributed by atoms with van der Waals surface area (Å²) in [5.74, 6) is -2.44. The van der Waals surface area contributed by atoms with E-state index < -0.39 is 33.9 Å². The number of rotatable bonds is 6. The van der Waals surface area contributed by atoms with Crippen LogP contribution in [0.1, 0.15) is 17.4 Å². The molecule has 0 amide bonds. The summed E-state index contributed by atoms with van der Waals surface area (Å²) < 4.78 is 58.6. The van der Waals surface area contributed by atoms with Crippen LogP contribution in [0.5, 0.6) is 5.88 Å². The van der Waals surface area contributed by atoms with Crippen molar-refractivity contribution >= 4 is 16.1 Å². The highest BCUT2D eigenvalue weighted by atomic mass is 32.2. The third-order valence-corrected chi connectivity index (χ3v) is 3.17. The second-order valence-corrected chi connectivity index (χ2v) is 5.56. The summed E-state index contributed by atoms with van der Waals surface area (Å²) in [5.41, 5.74) is -0.619. The monoisotopic (exact) mass is 347 g/mol. The summed E-state index contributed by atoms with van der Waals surface area (Å²) in [6, 6.07) is 1.68. The summed E-state index contributed by atoms with van der Waals surface area (Å²) in [6.45, 7) is 1.60. The van der Waals surface area contributed by atoms with E-state index in [9.17, 15) is 22.0 Å². The molecule has 0 unspecified atom stereocenters. The molecule has 23 heavy (non-hydrogen) atoms. The lowest BCUT2D eigenvalue weighted by Gasteiger charge is -2.07. The van der Waals surface area contributed by atoms with E-state index in [0.717, 1.165) is 12.3 Å². The third-order valence-electron chi connectivity index (χ3n) is 2.47. The topological polar surface area (TPSA) is 100 Å². The first-order valence-corrected chi connectivity index (χ1v) is 7.82. The Balaban J connectivity index is 2.54. The van der Waals surface area contributed by atoms with Crippen molar-refractivity contribution in [2.24, 2.45) is 0 Å². The number of hydrogen-bond donors (Lipinski definition) is 0. The molecular weight excluding hydrogens is 336 g/mol. The lowest BCUT2D eigenvalue weighted by atomic mass is 10.4. The lowest BCUT2D eigenvalue weighted by Crippen LogP contribution is -2.14. The second kappa shape index (κ2) is 6.69. The molecule has 11 heteroatoms. The molecule has 2 heterocycles. The van der Waals surface area contributed by atoms with Crippen molar-refractivity contribution < 1.29 is 30.9 Å². The molecule has 124 valence electrons. The van der Waals surface area contributed by atoms with Gasteiger partial charge >= 0.3 is 16.1 Å². The summed E-state index contributed by atoms with van der Waals surface area (Å²) in [7, 11) is -4.56. The molecule has 8 nitrogen and oxygen atoms in total. The average molecular weight is 347 g/mol. The first-order chi connectivity index (χ1) is 10.9. The molecule has 0 aliphatic carbocycles. The molecule has 0 atom stereocenters. The van der Waals surface area contributed by atoms with E-state index in [0.29, 0.717) is 4.68 Å². The highest BCUT2D eigenvalue weighted by molar-refractivity contribution is 7.86. The number of halogens is 2. The molecule has 0 saturated heterocycles. The number of aromatic nitrogens is 3. The summed E-state index contributed by atoms with van der Waals surface area (Å²) in [4.78, 5) is 15.1. The molecule has 0 aliphatic rings. The van der Waals surface area contributed by atoms with Gasteiger partial charge in [-0.05, 0) is 19.1 Å². The standard InChI is InChI=1S/C12H11F2N3O5S/c1-2-21-12(18)8-6-10(22-23(19,20)7-13)17(16-8)9-4-3-5-15-11(9)14/h3-6H,2,7H2,1H3. The maximum absolute atomic E-state index is 13.8. The molecule has 0 bridgehead atoms. The smallest absolute Gasteiger partial charge is 0.358 e. The molecule has 0 aromatic carbocycles. The highest BCUT2D eigenvalue weighted by Gasteiger charge is 2.23. The summed E-state index contributed by atoms with van der Waals surface area (Å²) in [6.07, 6.45) is 1.16. The van der Waals surface area contributed by atoms with Gasteiger partial charge in [-0.1, -0.05) is 0 Å². The van der Waals surface area contributed by atoms with Crippen molar-refractivity contribution in [1.29, 1.82) is 0 Å². The third kappa shape index (κ3) is 3.80.